The van der Waals surface area contributed by atoms with Crippen LogP contribution in [0, 0.1) is 13.8 Å². The van der Waals surface area contributed by atoms with Crippen LogP contribution in [0.3, 0.4) is 0 Å². The maximum Gasteiger partial charge on any atom is 0.145 e. The van der Waals surface area contributed by atoms with Crippen molar-refractivity contribution < 1.29 is 0 Å². The summed E-state index contributed by atoms with van der Waals surface area (Å²) in [5.74, 6) is 0.873. The van der Waals surface area contributed by atoms with Crippen molar-refractivity contribution in [2.75, 3.05) is 5.32 Å². The third-order valence-electron chi connectivity index (χ3n) is 2.20. The van der Waals surface area contributed by atoms with E-state index in [2.05, 4.69) is 29.1 Å². The molecular weight excluding hydrogens is 162 g/mol. The van der Waals surface area contributed by atoms with E-state index < -0.39 is 0 Å². The zero-order valence-electron chi connectivity index (χ0n) is 8.76. The molecule has 1 aromatic rings. The number of nitrogens with zero attached hydrogens (tertiary/aromatic N) is 2. The summed E-state index contributed by atoms with van der Waals surface area (Å²) < 4.78 is 0. The van der Waals surface area contributed by atoms with E-state index in [1.807, 2.05) is 13.8 Å². The standard InChI is InChI=1S/C10H17N3/c1-5-7(2)12-10-6-11-8(3)9(4)13-10/h6-7H,5H2,1-4H3,(H,12,13). The molecule has 13 heavy (non-hydrogen) atoms. The van der Waals surface area contributed by atoms with Crippen LogP contribution in [0.25, 0.3) is 0 Å². The minimum atomic E-state index is 0.455. The molecule has 0 saturated carbocycles. The molecule has 0 aliphatic carbocycles. The fourth-order valence-electron chi connectivity index (χ4n) is 0.966. The second kappa shape index (κ2) is 4.21. The van der Waals surface area contributed by atoms with E-state index in [1.54, 1.807) is 6.20 Å². The molecule has 3 heteroatoms. The predicted octanol–water partition coefficient (Wildman–Crippen LogP) is 2.30. The largest absolute Gasteiger partial charge is 0.366 e. The number of nitrogens with one attached hydrogen (secondary N) is 1. The van der Waals surface area contributed by atoms with E-state index in [0.717, 1.165) is 23.6 Å². The first-order valence-electron chi connectivity index (χ1n) is 4.70. The molecule has 0 spiro atoms. The Labute approximate surface area is 79.6 Å². The number of aromatic nitrogens is 2. The average molecular weight is 179 g/mol. The summed E-state index contributed by atoms with van der Waals surface area (Å²) in [5, 5.41) is 3.29. The highest BCUT2D eigenvalue weighted by Gasteiger charge is 2.01. The molecule has 0 fully saturated rings. The number of rotatable bonds is 3. The van der Waals surface area contributed by atoms with E-state index in [9.17, 15) is 0 Å². The van der Waals surface area contributed by atoms with Crippen LogP contribution in [-0.4, -0.2) is 16.0 Å². The Balaban J connectivity index is 2.73. The fraction of sp³-hybridized carbons (Fsp3) is 0.600. The lowest BCUT2D eigenvalue weighted by Crippen LogP contribution is -2.15. The van der Waals surface area contributed by atoms with E-state index in [-0.39, 0.29) is 0 Å². The van der Waals surface area contributed by atoms with Gasteiger partial charge in [-0.1, -0.05) is 6.92 Å². The second-order valence-corrected chi connectivity index (χ2v) is 3.38. The van der Waals surface area contributed by atoms with Crippen molar-refractivity contribution in [2.45, 2.75) is 40.2 Å². The summed E-state index contributed by atoms with van der Waals surface area (Å²) in [6, 6.07) is 0.455. The van der Waals surface area contributed by atoms with Gasteiger partial charge in [0, 0.05) is 6.04 Å². The van der Waals surface area contributed by atoms with Crippen LogP contribution in [0.4, 0.5) is 5.82 Å². The molecule has 0 amide bonds. The number of aryl methyl sites for hydroxylation is 2. The van der Waals surface area contributed by atoms with Crippen LogP contribution in [0.5, 0.6) is 0 Å². The Kier molecular flexibility index (Phi) is 3.23. The zero-order chi connectivity index (χ0) is 9.84. The minimum Gasteiger partial charge on any atom is -0.366 e. The van der Waals surface area contributed by atoms with Gasteiger partial charge < -0.3 is 5.32 Å². The third-order valence-corrected chi connectivity index (χ3v) is 2.20. The van der Waals surface area contributed by atoms with Crippen molar-refractivity contribution in [2.24, 2.45) is 0 Å². The highest BCUT2D eigenvalue weighted by Crippen LogP contribution is 2.07. The smallest absolute Gasteiger partial charge is 0.145 e. The van der Waals surface area contributed by atoms with Crippen LogP contribution < -0.4 is 5.32 Å². The van der Waals surface area contributed by atoms with Crippen molar-refractivity contribution in [3.8, 4) is 0 Å². The monoisotopic (exact) mass is 179 g/mol. The van der Waals surface area contributed by atoms with E-state index >= 15 is 0 Å². The van der Waals surface area contributed by atoms with Gasteiger partial charge in [0.1, 0.15) is 5.82 Å². The van der Waals surface area contributed by atoms with Crippen molar-refractivity contribution in [3.05, 3.63) is 17.6 Å². The first-order valence-corrected chi connectivity index (χ1v) is 4.70. The first kappa shape index (κ1) is 9.96. The number of anilines is 1. The number of hydrogen-bond acceptors (Lipinski definition) is 3. The van der Waals surface area contributed by atoms with Crippen LogP contribution in [0.15, 0.2) is 6.20 Å². The summed E-state index contributed by atoms with van der Waals surface area (Å²) in [7, 11) is 0. The van der Waals surface area contributed by atoms with Gasteiger partial charge in [-0.25, -0.2) is 4.98 Å². The van der Waals surface area contributed by atoms with Crippen LogP contribution >= 0.6 is 0 Å². The van der Waals surface area contributed by atoms with E-state index in [1.165, 1.54) is 0 Å². The molecule has 1 unspecified atom stereocenters. The van der Waals surface area contributed by atoms with Crippen LogP contribution in [-0.2, 0) is 0 Å². The molecule has 0 aliphatic heterocycles. The van der Waals surface area contributed by atoms with Crippen molar-refractivity contribution in [3.63, 3.8) is 0 Å². The second-order valence-electron chi connectivity index (χ2n) is 3.38. The van der Waals surface area contributed by atoms with Crippen molar-refractivity contribution >= 4 is 5.82 Å². The lowest BCUT2D eigenvalue weighted by molar-refractivity contribution is 0.756. The molecule has 0 aliphatic rings. The molecular formula is C10H17N3. The van der Waals surface area contributed by atoms with Gasteiger partial charge in [0.05, 0.1) is 17.6 Å². The maximum absolute atomic E-state index is 4.39. The molecule has 1 atom stereocenters. The Morgan fingerprint density at radius 2 is 2.08 bits per heavy atom. The molecule has 0 aromatic carbocycles. The molecule has 1 N–H and O–H groups in total. The summed E-state index contributed by atoms with van der Waals surface area (Å²) in [6.07, 6.45) is 2.88. The fourth-order valence-corrected chi connectivity index (χ4v) is 0.966. The summed E-state index contributed by atoms with van der Waals surface area (Å²) in [6.45, 7) is 8.22. The number of hydrogen-bond donors (Lipinski definition) is 1. The Morgan fingerprint density at radius 3 is 2.62 bits per heavy atom. The summed E-state index contributed by atoms with van der Waals surface area (Å²) in [4.78, 5) is 8.63. The lowest BCUT2D eigenvalue weighted by Gasteiger charge is -2.12. The normalized spacial score (nSPS) is 12.6. The van der Waals surface area contributed by atoms with Gasteiger partial charge in [-0.2, -0.15) is 0 Å². The van der Waals surface area contributed by atoms with Gasteiger partial charge in [0.15, 0.2) is 0 Å². The van der Waals surface area contributed by atoms with Gasteiger partial charge >= 0.3 is 0 Å². The SMILES string of the molecule is CCC(C)Nc1cnc(C)c(C)n1. The lowest BCUT2D eigenvalue weighted by atomic mass is 10.2. The van der Waals surface area contributed by atoms with Crippen LogP contribution in [0.2, 0.25) is 0 Å². The molecule has 0 bridgehead atoms. The highest BCUT2D eigenvalue weighted by atomic mass is 15.0. The minimum absolute atomic E-state index is 0.455. The van der Waals surface area contributed by atoms with Gasteiger partial charge in [-0.05, 0) is 27.2 Å². The predicted molar refractivity (Wildman–Crippen MR) is 54.9 cm³/mol. The quantitative estimate of drug-likeness (QED) is 0.773. The van der Waals surface area contributed by atoms with Crippen molar-refractivity contribution in [1.82, 2.24) is 9.97 Å². The topological polar surface area (TPSA) is 37.8 Å². The molecule has 72 valence electrons. The molecule has 3 nitrogen and oxygen atoms in total. The maximum atomic E-state index is 4.39. The highest BCUT2D eigenvalue weighted by molar-refractivity contribution is 5.34. The molecule has 1 rings (SSSR count). The Morgan fingerprint density at radius 1 is 1.38 bits per heavy atom. The Bertz CT molecular complexity index is 283. The average Bonchev–Trinajstić information content (AvgIpc) is 2.11. The summed E-state index contributed by atoms with van der Waals surface area (Å²) >= 11 is 0. The first-order chi connectivity index (χ1) is 6.13. The van der Waals surface area contributed by atoms with Gasteiger partial charge in [-0.3, -0.25) is 4.98 Å². The van der Waals surface area contributed by atoms with Gasteiger partial charge in [0.2, 0.25) is 0 Å². The zero-order valence-corrected chi connectivity index (χ0v) is 8.76. The van der Waals surface area contributed by atoms with E-state index in [0.29, 0.717) is 6.04 Å². The molecule has 1 aromatic heterocycles. The van der Waals surface area contributed by atoms with Gasteiger partial charge in [0.25, 0.3) is 0 Å². The molecule has 1 heterocycles. The van der Waals surface area contributed by atoms with E-state index in [4.69, 9.17) is 0 Å². The van der Waals surface area contributed by atoms with Gasteiger partial charge in [-0.15, -0.1) is 0 Å². The molecule has 0 saturated heterocycles. The Hall–Kier alpha value is -1.12. The van der Waals surface area contributed by atoms with Crippen LogP contribution in [0.1, 0.15) is 31.7 Å². The third kappa shape index (κ3) is 2.68. The molecule has 0 radical (unpaired) electrons. The van der Waals surface area contributed by atoms with Crippen molar-refractivity contribution in [1.29, 1.82) is 0 Å². The summed E-state index contributed by atoms with van der Waals surface area (Å²) in [5.41, 5.74) is 1.99.